The first-order chi connectivity index (χ1) is 7.76. The van der Waals surface area contributed by atoms with Gasteiger partial charge in [0.05, 0.1) is 12.5 Å². The van der Waals surface area contributed by atoms with Gasteiger partial charge in [-0.05, 0) is 17.7 Å². The average molecular weight is 265 g/mol. The molecule has 0 aliphatic carbocycles. The molecule has 0 N–H and O–H groups in total. The van der Waals surface area contributed by atoms with Gasteiger partial charge in [0, 0.05) is 0 Å². The molecule has 0 fully saturated rings. The van der Waals surface area contributed by atoms with Crippen LogP contribution in [-0.2, 0) is 16.5 Å². The molecule has 1 aromatic carbocycles. The van der Waals surface area contributed by atoms with Crippen molar-refractivity contribution in [2.24, 2.45) is 0 Å². The maximum absolute atomic E-state index is 12.0. The quantitative estimate of drug-likeness (QED) is 0.619. The van der Waals surface area contributed by atoms with Crippen molar-refractivity contribution in [2.45, 2.75) is 11.9 Å². The number of hydrogen-bond acceptors (Lipinski definition) is 4. The van der Waals surface area contributed by atoms with Gasteiger partial charge in [-0.1, -0.05) is 12.1 Å². The number of rotatable bonds is 3. The van der Waals surface area contributed by atoms with E-state index in [1.165, 1.54) is 12.1 Å². The topological polar surface area (TPSA) is 67.2 Å². The van der Waals surface area contributed by atoms with E-state index in [1.807, 2.05) is 6.07 Å². The monoisotopic (exact) mass is 265 g/mol. The molecule has 0 unspecified atom stereocenters. The molecule has 0 bridgehead atoms. The van der Waals surface area contributed by atoms with Gasteiger partial charge in [-0.25, -0.2) is 0 Å². The molecule has 8 heteroatoms. The summed E-state index contributed by atoms with van der Waals surface area (Å²) in [7, 11) is -5.64. The van der Waals surface area contributed by atoms with Gasteiger partial charge in [0.1, 0.15) is 5.75 Å². The van der Waals surface area contributed by atoms with Crippen molar-refractivity contribution in [2.75, 3.05) is 0 Å². The van der Waals surface area contributed by atoms with Crippen LogP contribution in [0.25, 0.3) is 0 Å². The lowest BCUT2D eigenvalue weighted by atomic mass is 10.2. The van der Waals surface area contributed by atoms with Crippen LogP contribution in [0, 0.1) is 11.3 Å². The van der Waals surface area contributed by atoms with Gasteiger partial charge < -0.3 is 4.18 Å². The molecule has 92 valence electrons. The van der Waals surface area contributed by atoms with E-state index in [0.717, 1.165) is 12.1 Å². The minimum atomic E-state index is -5.64. The standard InChI is InChI=1S/C9H6F3NO3S/c10-9(11,12)17(14,15)16-8-3-1-7(2-4-8)5-6-13/h1-4H,5H2. The van der Waals surface area contributed by atoms with E-state index in [4.69, 9.17) is 5.26 Å². The Morgan fingerprint density at radius 1 is 1.24 bits per heavy atom. The van der Waals surface area contributed by atoms with Crippen LogP contribution >= 0.6 is 0 Å². The van der Waals surface area contributed by atoms with Crippen LogP contribution < -0.4 is 4.18 Å². The summed E-state index contributed by atoms with van der Waals surface area (Å²) >= 11 is 0. The van der Waals surface area contributed by atoms with E-state index >= 15 is 0 Å². The minimum absolute atomic E-state index is 0.0757. The Labute approximate surface area is 95.4 Å². The third kappa shape index (κ3) is 3.35. The van der Waals surface area contributed by atoms with E-state index < -0.39 is 21.4 Å². The summed E-state index contributed by atoms with van der Waals surface area (Å²) in [5, 5.41) is 8.36. The van der Waals surface area contributed by atoms with E-state index in [-0.39, 0.29) is 6.42 Å². The molecule has 0 aromatic heterocycles. The predicted octanol–water partition coefficient (Wildman–Crippen LogP) is 1.98. The van der Waals surface area contributed by atoms with Crippen LogP contribution in [0.3, 0.4) is 0 Å². The lowest BCUT2D eigenvalue weighted by Crippen LogP contribution is -2.28. The Hall–Kier alpha value is -1.75. The molecule has 0 spiro atoms. The minimum Gasteiger partial charge on any atom is -0.376 e. The second-order valence-electron chi connectivity index (χ2n) is 2.96. The van der Waals surface area contributed by atoms with Crippen molar-refractivity contribution in [1.29, 1.82) is 5.26 Å². The van der Waals surface area contributed by atoms with Crippen molar-refractivity contribution < 1.29 is 25.8 Å². The van der Waals surface area contributed by atoms with E-state index in [2.05, 4.69) is 4.18 Å². The number of nitrogens with zero attached hydrogens (tertiary/aromatic N) is 1. The third-order valence-electron chi connectivity index (χ3n) is 1.70. The van der Waals surface area contributed by atoms with E-state index in [0.29, 0.717) is 5.56 Å². The summed E-state index contributed by atoms with van der Waals surface area (Å²) in [6, 6.07) is 6.56. The van der Waals surface area contributed by atoms with E-state index in [9.17, 15) is 21.6 Å². The Balaban J connectivity index is 2.88. The lowest BCUT2D eigenvalue weighted by Gasteiger charge is -2.09. The molecule has 1 aromatic rings. The van der Waals surface area contributed by atoms with Crippen LogP contribution in [0.4, 0.5) is 13.2 Å². The molecule has 0 heterocycles. The van der Waals surface area contributed by atoms with Crippen molar-refractivity contribution in [3.05, 3.63) is 29.8 Å². The molecule has 0 atom stereocenters. The van der Waals surface area contributed by atoms with Crippen LogP contribution in [0.15, 0.2) is 24.3 Å². The number of nitriles is 1. The normalized spacial score (nSPS) is 11.9. The molecule has 0 aliphatic rings. The Morgan fingerprint density at radius 3 is 2.18 bits per heavy atom. The highest BCUT2D eigenvalue weighted by atomic mass is 32.2. The SMILES string of the molecule is N#CCc1ccc(OS(=O)(=O)C(F)(F)F)cc1. The third-order valence-corrected chi connectivity index (χ3v) is 2.67. The van der Waals surface area contributed by atoms with Gasteiger partial charge in [-0.3, -0.25) is 0 Å². The number of alkyl halides is 3. The molecule has 0 aliphatic heterocycles. The smallest absolute Gasteiger partial charge is 0.376 e. The van der Waals surface area contributed by atoms with Gasteiger partial charge in [0.15, 0.2) is 0 Å². The summed E-state index contributed by atoms with van der Waals surface area (Å²) < 4.78 is 61.0. The summed E-state index contributed by atoms with van der Waals surface area (Å²) in [6.07, 6.45) is 0.0757. The first-order valence-electron chi connectivity index (χ1n) is 4.23. The molecule has 0 radical (unpaired) electrons. The van der Waals surface area contributed by atoms with Gasteiger partial charge in [-0.15, -0.1) is 0 Å². The maximum atomic E-state index is 12.0. The first kappa shape index (κ1) is 13.3. The van der Waals surface area contributed by atoms with Gasteiger partial charge in [0.25, 0.3) is 0 Å². The molecule has 1 rings (SSSR count). The zero-order chi connectivity index (χ0) is 13.1. The van der Waals surface area contributed by atoms with Crippen LogP contribution in [-0.4, -0.2) is 13.9 Å². The van der Waals surface area contributed by atoms with Gasteiger partial charge >= 0.3 is 15.6 Å². The first-order valence-corrected chi connectivity index (χ1v) is 5.64. The fraction of sp³-hybridized carbons (Fsp3) is 0.222. The van der Waals surface area contributed by atoms with Crippen molar-refractivity contribution in [1.82, 2.24) is 0 Å². The van der Waals surface area contributed by atoms with E-state index in [1.54, 1.807) is 0 Å². The molecular formula is C9H6F3NO3S. The molecule has 0 saturated heterocycles. The Morgan fingerprint density at radius 2 is 1.76 bits per heavy atom. The fourth-order valence-electron chi connectivity index (χ4n) is 0.928. The maximum Gasteiger partial charge on any atom is 0.534 e. The Kier molecular flexibility index (Phi) is 3.63. The van der Waals surface area contributed by atoms with Crippen molar-refractivity contribution in [3.63, 3.8) is 0 Å². The Bertz CT molecular complexity index is 528. The van der Waals surface area contributed by atoms with Gasteiger partial charge in [-0.2, -0.15) is 26.9 Å². The largest absolute Gasteiger partial charge is 0.534 e. The molecular weight excluding hydrogens is 259 g/mol. The molecule has 17 heavy (non-hydrogen) atoms. The van der Waals surface area contributed by atoms with Crippen LogP contribution in [0.2, 0.25) is 0 Å². The highest BCUT2D eigenvalue weighted by Crippen LogP contribution is 2.26. The highest BCUT2D eigenvalue weighted by Gasteiger charge is 2.48. The summed E-state index contributed by atoms with van der Waals surface area (Å²) in [5.74, 6) is -0.455. The number of hydrogen-bond donors (Lipinski definition) is 0. The number of halogens is 3. The summed E-state index contributed by atoms with van der Waals surface area (Å²) in [4.78, 5) is 0. The molecule has 0 amide bonds. The number of benzene rings is 1. The van der Waals surface area contributed by atoms with Gasteiger partial charge in [0.2, 0.25) is 0 Å². The van der Waals surface area contributed by atoms with Crippen molar-refractivity contribution >= 4 is 10.1 Å². The molecule has 0 saturated carbocycles. The second-order valence-corrected chi connectivity index (χ2v) is 4.50. The molecule has 4 nitrogen and oxygen atoms in total. The van der Waals surface area contributed by atoms with Crippen LogP contribution in [0.1, 0.15) is 5.56 Å². The summed E-state index contributed by atoms with van der Waals surface area (Å²) in [6.45, 7) is 0. The van der Waals surface area contributed by atoms with Crippen LogP contribution in [0.5, 0.6) is 5.75 Å². The fourth-order valence-corrected chi connectivity index (χ4v) is 1.39. The lowest BCUT2D eigenvalue weighted by molar-refractivity contribution is -0.0500. The van der Waals surface area contributed by atoms with Crippen molar-refractivity contribution in [3.8, 4) is 11.8 Å². The second kappa shape index (κ2) is 4.63. The highest BCUT2D eigenvalue weighted by molar-refractivity contribution is 7.87. The average Bonchev–Trinajstić information content (AvgIpc) is 2.19. The predicted molar refractivity (Wildman–Crippen MR) is 51.4 cm³/mol. The summed E-state index contributed by atoms with van der Waals surface area (Å²) in [5.41, 5.74) is -4.91. The zero-order valence-electron chi connectivity index (χ0n) is 8.23. The zero-order valence-corrected chi connectivity index (χ0v) is 9.05.